The summed E-state index contributed by atoms with van der Waals surface area (Å²) in [6, 6.07) is 9.43. The number of thiophene rings is 1. The van der Waals surface area contributed by atoms with Crippen LogP contribution in [0.5, 0.6) is 5.75 Å². The number of benzene rings is 1. The molecule has 0 aliphatic carbocycles. The highest BCUT2D eigenvalue weighted by Crippen LogP contribution is 2.20. The highest BCUT2D eigenvalue weighted by molar-refractivity contribution is 7.91. The molecule has 0 saturated carbocycles. The predicted octanol–water partition coefficient (Wildman–Crippen LogP) is 2.44. The zero-order valence-electron chi connectivity index (χ0n) is 16.7. The number of sulfonamides is 1. The average Bonchev–Trinajstić information content (AvgIpc) is 3.21. The normalized spacial score (nSPS) is 12.2. The minimum Gasteiger partial charge on any atom is -0.494 e. The molecule has 1 heterocycles. The maximum atomic E-state index is 12.4. The molecule has 0 radical (unpaired) electrons. The van der Waals surface area contributed by atoms with Crippen molar-refractivity contribution in [3.05, 3.63) is 46.8 Å². The maximum absolute atomic E-state index is 12.4. The molecule has 1 aromatic carbocycles. The Hall–Kier alpha value is -2.10. The van der Waals surface area contributed by atoms with Crippen molar-refractivity contribution in [3.63, 3.8) is 0 Å². The Morgan fingerprint density at radius 2 is 2.07 bits per heavy atom. The minimum absolute atomic E-state index is 0.329. The number of nitrogens with one attached hydrogen (secondary N) is 2. The van der Waals surface area contributed by atoms with Gasteiger partial charge in [0.05, 0.1) is 6.61 Å². The number of nitrogens with zero attached hydrogens (tertiary/aromatic N) is 2. The van der Waals surface area contributed by atoms with E-state index in [2.05, 4.69) is 15.6 Å². The molecule has 28 heavy (non-hydrogen) atoms. The first-order valence-corrected chi connectivity index (χ1v) is 11.4. The molecule has 7 nitrogen and oxygen atoms in total. The molecular formula is C19H28N4O3S2. The van der Waals surface area contributed by atoms with Crippen LogP contribution in [-0.4, -0.2) is 52.5 Å². The van der Waals surface area contributed by atoms with Crippen molar-refractivity contribution in [2.24, 2.45) is 4.99 Å². The van der Waals surface area contributed by atoms with Gasteiger partial charge in [-0.3, -0.25) is 4.99 Å². The van der Waals surface area contributed by atoms with E-state index in [1.54, 1.807) is 31.6 Å². The Balaban J connectivity index is 1.87. The van der Waals surface area contributed by atoms with Crippen molar-refractivity contribution in [1.29, 1.82) is 0 Å². The van der Waals surface area contributed by atoms with Gasteiger partial charge in [0.1, 0.15) is 9.96 Å². The summed E-state index contributed by atoms with van der Waals surface area (Å²) in [4.78, 5) is 4.19. The van der Waals surface area contributed by atoms with Gasteiger partial charge in [-0.2, -0.15) is 4.31 Å². The topological polar surface area (TPSA) is 83.0 Å². The largest absolute Gasteiger partial charge is 0.494 e. The average molecular weight is 425 g/mol. The molecule has 2 N–H and O–H groups in total. The molecule has 0 amide bonds. The standard InChI is InChI=1S/C19H28N4O3S2/c1-5-26-17-13-15(2)8-9-16(17)14-22-19(20-3)21-10-11-23(4)28(24,25)18-7-6-12-27-18/h6-9,12-13H,5,10-11,14H2,1-4H3,(H2,20,21,22). The van der Waals surface area contributed by atoms with Gasteiger partial charge < -0.3 is 15.4 Å². The van der Waals surface area contributed by atoms with Gasteiger partial charge in [0, 0.05) is 39.3 Å². The van der Waals surface area contributed by atoms with Gasteiger partial charge in [-0.25, -0.2) is 8.42 Å². The summed E-state index contributed by atoms with van der Waals surface area (Å²) in [5, 5.41) is 8.14. The molecule has 0 unspecified atom stereocenters. The highest BCUT2D eigenvalue weighted by atomic mass is 32.2. The Morgan fingerprint density at radius 3 is 2.71 bits per heavy atom. The van der Waals surface area contributed by atoms with Crippen molar-refractivity contribution in [1.82, 2.24) is 14.9 Å². The quantitative estimate of drug-likeness (QED) is 0.477. The summed E-state index contributed by atoms with van der Waals surface area (Å²) in [6.07, 6.45) is 0. The molecule has 0 fully saturated rings. The SMILES string of the molecule is CCOc1cc(C)ccc1CNC(=NC)NCCN(C)S(=O)(=O)c1cccs1. The van der Waals surface area contributed by atoms with Gasteiger partial charge in [-0.15, -0.1) is 11.3 Å². The van der Waals surface area contributed by atoms with Gasteiger partial charge in [0.15, 0.2) is 5.96 Å². The fourth-order valence-electron chi connectivity index (χ4n) is 2.51. The molecule has 2 rings (SSSR count). The molecule has 0 bridgehead atoms. The van der Waals surface area contributed by atoms with E-state index in [9.17, 15) is 8.42 Å². The van der Waals surface area contributed by atoms with Gasteiger partial charge >= 0.3 is 0 Å². The maximum Gasteiger partial charge on any atom is 0.252 e. The molecule has 0 aliphatic rings. The number of rotatable bonds is 9. The molecule has 0 aliphatic heterocycles. The van der Waals surface area contributed by atoms with E-state index in [1.165, 1.54) is 15.6 Å². The van der Waals surface area contributed by atoms with Crippen LogP contribution in [0.3, 0.4) is 0 Å². The smallest absolute Gasteiger partial charge is 0.252 e. The summed E-state index contributed by atoms with van der Waals surface area (Å²) in [5.41, 5.74) is 2.18. The molecule has 0 saturated heterocycles. The summed E-state index contributed by atoms with van der Waals surface area (Å²) in [6.45, 7) is 5.91. The third kappa shape index (κ3) is 5.95. The van der Waals surface area contributed by atoms with Gasteiger partial charge in [-0.05, 0) is 36.9 Å². The number of hydrogen-bond acceptors (Lipinski definition) is 5. The van der Waals surface area contributed by atoms with Crippen LogP contribution in [0.25, 0.3) is 0 Å². The van der Waals surface area contributed by atoms with Crippen LogP contribution < -0.4 is 15.4 Å². The first-order chi connectivity index (χ1) is 13.4. The summed E-state index contributed by atoms with van der Waals surface area (Å²) >= 11 is 1.22. The molecular weight excluding hydrogens is 396 g/mol. The molecule has 154 valence electrons. The van der Waals surface area contributed by atoms with Crippen LogP contribution in [0.2, 0.25) is 0 Å². The summed E-state index contributed by atoms with van der Waals surface area (Å²) in [7, 11) is -0.179. The van der Waals surface area contributed by atoms with Crippen LogP contribution in [0, 0.1) is 6.92 Å². The number of aliphatic imine (C=N–C) groups is 1. The highest BCUT2D eigenvalue weighted by Gasteiger charge is 2.21. The van der Waals surface area contributed by atoms with Crippen LogP contribution >= 0.6 is 11.3 Å². The van der Waals surface area contributed by atoms with Crippen molar-refractivity contribution < 1.29 is 13.2 Å². The number of likely N-dealkylation sites (N-methyl/N-ethyl adjacent to an activating group) is 1. The van der Waals surface area contributed by atoms with E-state index in [4.69, 9.17) is 4.74 Å². The van der Waals surface area contributed by atoms with Crippen molar-refractivity contribution in [3.8, 4) is 5.75 Å². The van der Waals surface area contributed by atoms with E-state index in [-0.39, 0.29) is 0 Å². The Morgan fingerprint density at radius 1 is 1.29 bits per heavy atom. The van der Waals surface area contributed by atoms with Crippen molar-refractivity contribution >= 4 is 27.3 Å². The number of guanidine groups is 1. The van der Waals surface area contributed by atoms with Crippen LogP contribution in [-0.2, 0) is 16.6 Å². The van der Waals surface area contributed by atoms with E-state index in [0.717, 1.165) is 16.9 Å². The number of hydrogen-bond donors (Lipinski definition) is 2. The zero-order chi connectivity index (χ0) is 20.6. The third-order valence-corrected chi connectivity index (χ3v) is 7.30. The first-order valence-electron chi connectivity index (χ1n) is 9.05. The van der Waals surface area contributed by atoms with E-state index in [0.29, 0.717) is 36.4 Å². The Kier molecular flexibility index (Phi) is 8.28. The summed E-state index contributed by atoms with van der Waals surface area (Å²) in [5.74, 6) is 1.46. The molecule has 0 spiro atoms. The Labute approximate surface area is 171 Å². The van der Waals surface area contributed by atoms with E-state index < -0.39 is 10.0 Å². The second-order valence-corrected chi connectivity index (χ2v) is 9.37. The van der Waals surface area contributed by atoms with Crippen LogP contribution in [0.1, 0.15) is 18.1 Å². The minimum atomic E-state index is -3.44. The van der Waals surface area contributed by atoms with Crippen LogP contribution in [0.15, 0.2) is 44.9 Å². The predicted molar refractivity (Wildman–Crippen MR) is 115 cm³/mol. The number of aryl methyl sites for hydroxylation is 1. The van der Waals surface area contributed by atoms with Gasteiger partial charge in [-0.1, -0.05) is 18.2 Å². The zero-order valence-corrected chi connectivity index (χ0v) is 18.4. The van der Waals surface area contributed by atoms with Gasteiger partial charge in [0.25, 0.3) is 10.0 Å². The fraction of sp³-hybridized carbons (Fsp3) is 0.421. The van der Waals surface area contributed by atoms with Crippen LogP contribution in [0.4, 0.5) is 0 Å². The van der Waals surface area contributed by atoms with Crippen molar-refractivity contribution in [2.75, 3.05) is 33.8 Å². The monoisotopic (exact) mass is 424 g/mol. The molecule has 2 aromatic rings. The third-order valence-electron chi connectivity index (χ3n) is 4.07. The first kappa shape index (κ1) is 22.2. The van der Waals surface area contributed by atoms with Gasteiger partial charge in [0.2, 0.25) is 0 Å². The number of ether oxygens (including phenoxy) is 1. The second-order valence-electron chi connectivity index (χ2n) is 6.16. The second kappa shape index (κ2) is 10.4. The molecule has 1 aromatic heterocycles. The Bertz CT molecular complexity index is 881. The van der Waals surface area contributed by atoms with E-state index >= 15 is 0 Å². The lowest BCUT2D eigenvalue weighted by Gasteiger charge is -2.18. The lowest BCUT2D eigenvalue weighted by atomic mass is 10.1. The fourth-order valence-corrected chi connectivity index (χ4v) is 4.89. The lowest BCUT2D eigenvalue weighted by Crippen LogP contribution is -2.41. The van der Waals surface area contributed by atoms with Crippen molar-refractivity contribution in [2.45, 2.75) is 24.6 Å². The molecule has 9 heteroatoms. The lowest BCUT2D eigenvalue weighted by molar-refractivity contribution is 0.336. The van der Waals surface area contributed by atoms with E-state index in [1.807, 2.05) is 32.0 Å². The molecule has 0 atom stereocenters. The summed E-state index contributed by atoms with van der Waals surface area (Å²) < 4.78 is 32.2.